The molecule has 1 aliphatic carbocycles. The van der Waals surface area contributed by atoms with Crippen molar-refractivity contribution in [1.29, 1.82) is 0 Å². The van der Waals surface area contributed by atoms with Gasteiger partial charge in [-0.25, -0.2) is 4.79 Å². The van der Waals surface area contributed by atoms with Crippen molar-refractivity contribution in [1.82, 2.24) is 5.32 Å². The number of carbonyl (C=O) groups excluding carboxylic acids is 2. The lowest BCUT2D eigenvalue weighted by Gasteiger charge is -2.22. The fourth-order valence-electron chi connectivity index (χ4n) is 3.81. The van der Waals surface area contributed by atoms with E-state index in [1.165, 1.54) is 17.5 Å². The molecule has 1 aliphatic heterocycles. The molecular formula is C22H26N4O3. The van der Waals surface area contributed by atoms with Gasteiger partial charge in [0.15, 0.2) is 0 Å². The summed E-state index contributed by atoms with van der Waals surface area (Å²) in [7, 11) is 0. The fourth-order valence-corrected chi connectivity index (χ4v) is 3.81. The van der Waals surface area contributed by atoms with E-state index in [1.54, 1.807) is 24.3 Å². The molecule has 1 fully saturated rings. The third-order valence-corrected chi connectivity index (χ3v) is 5.25. The van der Waals surface area contributed by atoms with Crippen molar-refractivity contribution in [2.45, 2.75) is 31.8 Å². The molecule has 29 heavy (non-hydrogen) atoms. The van der Waals surface area contributed by atoms with Gasteiger partial charge >= 0.3 is 6.03 Å². The molecule has 7 nitrogen and oxygen atoms in total. The van der Waals surface area contributed by atoms with E-state index in [0.29, 0.717) is 24.5 Å². The second-order valence-corrected chi connectivity index (χ2v) is 7.36. The van der Waals surface area contributed by atoms with E-state index in [2.05, 4.69) is 27.3 Å². The number of rotatable bonds is 4. The summed E-state index contributed by atoms with van der Waals surface area (Å²) < 4.78 is 5.46. The smallest absolute Gasteiger partial charge is 0.323 e. The van der Waals surface area contributed by atoms with Gasteiger partial charge in [0, 0.05) is 30.2 Å². The van der Waals surface area contributed by atoms with E-state index in [9.17, 15) is 9.59 Å². The van der Waals surface area contributed by atoms with Crippen LogP contribution >= 0.6 is 0 Å². The number of amides is 3. The largest absolute Gasteiger partial charge is 0.366 e. The number of benzene rings is 2. The van der Waals surface area contributed by atoms with E-state index in [1.807, 2.05) is 12.1 Å². The molecule has 0 radical (unpaired) electrons. The van der Waals surface area contributed by atoms with Gasteiger partial charge in [0.2, 0.25) is 0 Å². The monoisotopic (exact) mass is 394 g/mol. The summed E-state index contributed by atoms with van der Waals surface area (Å²) in [6, 6.07) is 12.8. The minimum Gasteiger partial charge on any atom is -0.366 e. The Morgan fingerprint density at radius 2 is 1.76 bits per heavy atom. The second kappa shape index (κ2) is 9.07. The zero-order chi connectivity index (χ0) is 20.1. The lowest BCUT2D eigenvalue weighted by atomic mass is 9.90. The molecule has 3 amide bonds. The SMILES string of the molecule is O=C(Nc1cccc(NC(=O)C2CNCCO2)c1)Nc1cccc2c1CCCC2. The molecule has 152 valence electrons. The van der Waals surface area contributed by atoms with Crippen molar-refractivity contribution >= 4 is 29.0 Å². The van der Waals surface area contributed by atoms with Crippen molar-refractivity contribution in [3.05, 3.63) is 53.6 Å². The number of hydrogen-bond donors (Lipinski definition) is 4. The van der Waals surface area contributed by atoms with Crippen LogP contribution < -0.4 is 21.3 Å². The maximum Gasteiger partial charge on any atom is 0.323 e. The molecule has 0 aromatic heterocycles. The van der Waals surface area contributed by atoms with Gasteiger partial charge in [-0.3, -0.25) is 4.79 Å². The standard InChI is InChI=1S/C22H26N4O3/c27-21(20-14-23-11-12-29-20)24-16-7-4-8-17(13-16)25-22(28)26-19-10-3-6-15-5-1-2-9-18(15)19/h3-4,6-8,10,13,20,23H,1-2,5,9,11-12,14H2,(H,24,27)(H2,25,26,28). The molecule has 0 spiro atoms. The van der Waals surface area contributed by atoms with E-state index in [0.717, 1.165) is 31.5 Å². The summed E-state index contributed by atoms with van der Waals surface area (Å²) >= 11 is 0. The van der Waals surface area contributed by atoms with E-state index in [-0.39, 0.29) is 11.9 Å². The molecule has 4 N–H and O–H groups in total. The predicted molar refractivity (Wildman–Crippen MR) is 113 cm³/mol. The van der Waals surface area contributed by atoms with Crippen LogP contribution in [0.5, 0.6) is 0 Å². The van der Waals surface area contributed by atoms with Gasteiger partial charge in [0.05, 0.1) is 6.61 Å². The lowest BCUT2D eigenvalue weighted by molar-refractivity contribution is -0.128. The number of carbonyl (C=O) groups is 2. The first kappa shape index (κ1) is 19.4. The van der Waals surface area contributed by atoms with Crippen LogP contribution in [0.2, 0.25) is 0 Å². The van der Waals surface area contributed by atoms with Gasteiger partial charge in [-0.15, -0.1) is 0 Å². The first-order chi connectivity index (χ1) is 14.2. The molecule has 2 aromatic carbocycles. The van der Waals surface area contributed by atoms with Gasteiger partial charge < -0.3 is 26.0 Å². The number of hydrogen-bond acceptors (Lipinski definition) is 4. The van der Waals surface area contributed by atoms with Crippen LogP contribution in [-0.4, -0.2) is 37.7 Å². The average molecular weight is 394 g/mol. The first-order valence-corrected chi connectivity index (χ1v) is 10.1. The molecule has 1 atom stereocenters. The lowest BCUT2D eigenvalue weighted by Crippen LogP contribution is -2.45. The Balaban J connectivity index is 1.38. The van der Waals surface area contributed by atoms with Crippen molar-refractivity contribution < 1.29 is 14.3 Å². The quantitative estimate of drug-likeness (QED) is 0.641. The Hall–Kier alpha value is -2.90. The molecule has 7 heteroatoms. The number of ether oxygens (including phenoxy) is 1. The molecular weight excluding hydrogens is 368 g/mol. The van der Waals surface area contributed by atoms with Crippen LogP contribution in [0.15, 0.2) is 42.5 Å². The van der Waals surface area contributed by atoms with Gasteiger partial charge in [0.25, 0.3) is 5.91 Å². The highest BCUT2D eigenvalue weighted by molar-refractivity contribution is 6.01. The third-order valence-electron chi connectivity index (χ3n) is 5.25. The number of urea groups is 1. The Kier molecular flexibility index (Phi) is 6.07. The maximum atomic E-state index is 12.5. The van der Waals surface area contributed by atoms with Crippen LogP contribution in [0.4, 0.5) is 21.9 Å². The molecule has 2 aliphatic rings. The van der Waals surface area contributed by atoms with Crippen LogP contribution in [-0.2, 0) is 22.4 Å². The van der Waals surface area contributed by atoms with Crippen LogP contribution in [0.1, 0.15) is 24.0 Å². The molecule has 0 bridgehead atoms. The minimum absolute atomic E-state index is 0.199. The summed E-state index contributed by atoms with van der Waals surface area (Å²) in [5.74, 6) is -0.199. The highest BCUT2D eigenvalue weighted by Crippen LogP contribution is 2.28. The van der Waals surface area contributed by atoms with Gasteiger partial charge in [-0.2, -0.15) is 0 Å². The zero-order valence-corrected chi connectivity index (χ0v) is 16.3. The number of aryl methyl sites for hydroxylation is 1. The molecule has 2 aromatic rings. The molecule has 1 unspecified atom stereocenters. The van der Waals surface area contributed by atoms with Crippen molar-refractivity contribution in [3.8, 4) is 0 Å². The fraction of sp³-hybridized carbons (Fsp3) is 0.364. The number of morpholine rings is 1. The van der Waals surface area contributed by atoms with Crippen molar-refractivity contribution in [3.63, 3.8) is 0 Å². The highest BCUT2D eigenvalue weighted by atomic mass is 16.5. The average Bonchev–Trinajstić information content (AvgIpc) is 2.75. The minimum atomic E-state index is -0.507. The number of nitrogens with one attached hydrogen (secondary N) is 4. The predicted octanol–water partition coefficient (Wildman–Crippen LogP) is 3.14. The Bertz CT molecular complexity index is 893. The molecule has 1 saturated heterocycles. The Morgan fingerprint density at radius 3 is 2.59 bits per heavy atom. The van der Waals surface area contributed by atoms with Crippen LogP contribution in [0.3, 0.4) is 0 Å². The summed E-state index contributed by atoms with van der Waals surface area (Å²) in [5, 5.41) is 11.8. The molecule has 4 rings (SSSR count). The summed E-state index contributed by atoms with van der Waals surface area (Å²) in [4.78, 5) is 24.8. The topological polar surface area (TPSA) is 91.5 Å². The Labute approximate surface area is 170 Å². The van der Waals surface area contributed by atoms with E-state index >= 15 is 0 Å². The highest BCUT2D eigenvalue weighted by Gasteiger charge is 2.21. The van der Waals surface area contributed by atoms with Gasteiger partial charge in [-0.05, 0) is 61.1 Å². The van der Waals surface area contributed by atoms with Crippen LogP contribution in [0, 0.1) is 0 Å². The van der Waals surface area contributed by atoms with E-state index in [4.69, 9.17) is 4.74 Å². The number of anilines is 3. The maximum absolute atomic E-state index is 12.5. The van der Waals surface area contributed by atoms with Crippen LogP contribution in [0.25, 0.3) is 0 Å². The summed E-state index contributed by atoms with van der Waals surface area (Å²) in [6.45, 7) is 1.76. The summed E-state index contributed by atoms with van der Waals surface area (Å²) in [5.41, 5.74) is 4.63. The zero-order valence-electron chi connectivity index (χ0n) is 16.3. The molecule has 0 saturated carbocycles. The first-order valence-electron chi connectivity index (χ1n) is 10.1. The summed E-state index contributed by atoms with van der Waals surface area (Å²) in [6.07, 6.45) is 3.89. The van der Waals surface area contributed by atoms with Crippen molar-refractivity contribution in [2.75, 3.05) is 35.6 Å². The van der Waals surface area contributed by atoms with Crippen molar-refractivity contribution in [2.24, 2.45) is 0 Å². The van der Waals surface area contributed by atoms with Gasteiger partial charge in [-0.1, -0.05) is 18.2 Å². The third kappa shape index (κ3) is 4.93. The van der Waals surface area contributed by atoms with E-state index < -0.39 is 6.10 Å². The normalized spacial score (nSPS) is 18.4. The Morgan fingerprint density at radius 1 is 0.966 bits per heavy atom. The second-order valence-electron chi connectivity index (χ2n) is 7.36. The number of fused-ring (bicyclic) bond motifs is 1. The van der Waals surface area contributed by atoms with Gasteiger partial charge in [0.1, 0.15) is 6.10 Å². The molecule has 1 heterocycles.